The lowest BCUT2D eigenvalue weighted by Crippen LogP contribution is -2.30. The average molecular weight is 320 g/mol. The van der Waals surface area contributed by atoms with Crippen molar-refractivity contribution in [3.05, 3.63) is 46.7 Å². The third-order valence-corrected chi connectivity index (χ3v) is 4.04. The fourth-order valence-electron chi connectivity index (χ4n) is 1.85. The van der Waals surface area contributed by atoms with E-state index in [1.54, 1.807) is 30.6 Å². The Labute approximate surface area is 134 Å². The molecular formula is C16H20N2O3S. The molecule has 0 spiro atoms. The second-order valence-electron chi connectivity index (χ2n) is 4.70. The predicted molar refractivity (Wildman–Crippen MR) is 88.7 cm³/mol. The zero-order valence-electron chi connectivity index (χ0n) is 12.7. The van der Waals surface area contributed by atoms with Gasteiger partial charge in [-0.25, -0.2) is 4.79 Å². The number of hydrogen-bond acceptors (Lipinski definition) is 4. The van der Waals surface area contributed by atoms with E-state index in [2.05, 4.69) is 10.6 Å². The van der Waals surface area contributed by atoms with Crippen LogP contribution in [0.25, 0.3) is 0 Å². The lowest BCUT2D eigenvalue weighted by Gasteiger charge is -2.13. The van der Waals surface area contributed by atoms with Crippen molar-refractivity contribution in [1.29, 1.82) is 0 Å². The van der Waals surface area contributed by atoms with Gasteiger partial charge in [-0.05, 0) is 42.6 Å². The van der Waals surface area contributed by atoms with Crippen LogP contribution in [-0.2, 0) is 4.74 Å². The Kier molecular flexibility index (Phi) is 6.24. The zero-order valence-corrected chi connectivity index (χ0v) is 13.5. The van der Waals surface area contributed by atoms with Gasteiger partial charge in [0.15, 0.2) is 0 Å². The van der Waals surface area contributed by atoms with Gasteiger partial charge in [-0.1, -0.05) is 6.07 Å². The SMILES string of the molecule is COCCOc1ccc(NC(=O)NC(C)c2cccs2)cc1. The van der Waals surface area contributed by atoms with Gasteiger partial charge < -0.3 is 20.1 Å². The number of benzene rings is 1. The maximum atomic E-state index is 11.9. The summed E-state index contributed by atoms with van der Waals surface area (Å²) in [6.07, 6.45) is 0. The van der Waals surface area contributed by atoms with Crippen LogP contribution in [0, 0.1) is 0 Å². The molecule has 5 nitrogen and oxygen atoms in total. The van der Waals surface area contributed by atoms with E-state index in [9.17, 15) is 4.79 Å². The minimum Gasteiger partial charge on any atom is -0.491 e. The normalized spacial score (nSPS) is 11.7. The van der Waals surface area contributed by atoms with Crippen molar-refractivity contribution in [2.75, 3.05) is 25.6 Å². The van der Waals surface area contributed by atoms with Crippen molar-refractivity contribution < 1.29 is 14.3 Å². The van der Waals surface area contributed by atoms with E-state index in [4.69, 9.17) is 9.47 Å². The number of nitrogens with one attached hydrogen (secondary N) is 2. The second-order valence-corrected chi connectivity index (χ2v) is 5.68. The smallest absolute Gasteiger partial charge is 0.319 e. The molecule has 0 aliphatic carbocycles. The molecule has 2 amide bonds. The molecule has 1 atom stereocenters. The molecule has 1 aromatic heterocycles. The first-order valence-electron chi connectivity index (χ1n) is 7.02. The van der Waals surface area contributed by atoms with Crippen molar-refractivity contribution in [3.8, 4) is 5.75 Å². The number of carbonyl (C=O) groups excluding carboxylic acids is 1. The van der Waals surface area contributed by atoms with Gasteiger partial charge in [0.05, 0.1) is 12.6 Å². The quantitative estimate of drug-likeness (QED) is 0.766. The largest absolute Gasteiger partial charge is 0.491 e. The molecule has 2 rings (SSSR count). The van der Waals surface area contributed by atoms with Crippen molar-refractivity contribution in [2.45, 2.75) is 13.0 Å². The van der Waals surface area contributed by atoms with Crippen LogP contribution >= 0.6 is 11.3 Å². The summed E-state index contributed by atoms with van der Waals surface area (Å²) in [5.41, 5.74) is 0.718. The molecule has 1 heterocycles. The number of hydrogen-bond donors (Lipinski definition) is 2. The van der Waals surface area contributed by atoms with E-state index in [-0.39, 0.29) is 12.1 Å². The standard InChI is InChI=1S/C16H20N2O3S/c1-12(15-4-3-11-22-15)17-16(19)18-13-5-7-14(8-6-13)21-10-9-20-2/h3-8,11-12H,9-10H2,1-2H3,(H2,17,18,19). The van der Waals surface area contributed by atoms with E-state index in [0.29, 0.717) is 13.2 Å². The number of anilines is 1. The van der Waals surface area contributed by atoms with Gasteiger partial charge in [-0.3, -0.25) is 0 Å². The Morgan fingerprint density at radius 3 is 2.64 bits per heavy atom. The molecule has 0 saturated carbocycles. The van der Waals surface area contributed by atoms with E-state index in [0.717, 1.165) is 16.3 Å². The number of ether oxygens (including phenoxy) is 2. The highest BCUT2D eigenvalue weighted by Gasteiger charge is 2.10. The molecule has 6 heteroatoms. The molecule has 22 heavy (non-hydrogen) atoms. The van der Waals surface area contributed by atoms with Crippen molar-refractivity contribution in [3.63, 3.8) is 0 Å². The van der Waals surface area contributed by atoms with Crippen LogP contribution < -0.4 is 15.4 Å². The van der Waals surface area contributed by atoms with Crippen molar-refractivity contribution in [1.82, 2.24) is 5.32 Å². The van der Waals surface area contributed by atoms with Crippen molar-refractivity contribution >= 4 is 23.1 Å². The van der Waals surface area contributed by atoms with Crippen LogP contribution in [0.2, 0.25) is 0 Å². The first kappa shape index (κ1) is 16.3. The molecule has 0 fully saturated rings. The summed E-state index contributed by atoms with van der Waals surface area (Å²) in [6.45, 7) is 3.00. The Morgan fingerprint density at radius 1 is 1.23 bits per heavy atom. The van der Waals surface area contributed by atoms with Gasteiger partial charge in [-0.2, -0.15) is 0 Å². The molecule has 0 aliphatic rings. The summed E-state index contributed by atoms with van der Waals surface area (Å²) in [5, 5.41) is 7.70. The van der Waals surface area contributed by atoms with Gasteiger partial charge >= 0.3 is 6.03 Å². The Bertz CT molecular complexity index is 570. The number of carbonyl (C=O) groups is 1. The molecule has 2 N–H and O–H groups in total. The predicted octanol–water partition coefficient (Wildman–Crippen LogP) is 3.66. The molecule has 0 radical (unpaired) electrons. The monoisotopic (exact) mass is 320 g/mol. The lowest BCUT2D eigenvalue weighted by molar-refractivity contribution is 0.146. The summed E-state index contributed by atoms with van der Waals surface area (Å²) in [5.74, 6) is 0.745. The zero-order chi connectivity index (χ0) is 15.8. The molecule has 118 valence electrons. The van der Waals surface area contributed by atoms with Crippen LogP contribution in [0.15, 0.2) is 41.8 Å². The third kappa shape index (κ3) is 5.05. The summed E-state index contributed by atoms with van der Waals surface area (Å²) >= 11 is 1.62. The van der Waals surface area contributed by atoms with E-state index in [1.807, 2.05) is 36.6 Å². The summed E-state index contributed by atoms with van der Waals surface area (Å²) < 4.78 is 10.4. The summed E-state index contributed by atoms with van der Waals surface area (Å²) in [4.78, 5) is 13.1. The molecule has 0 saturated heterocycles. The van der Waals surface area contributed by atoms with E-state index in [1.165, 1.54) is 0 Å². The topological polar surface area (TPSA) is 59.6 Å². The van der Waals surface area contributed by atoms with Crippen LogP contribution in [0.5, 0.6) is 5.75 Å². The molecule has 1 aromatic carbocycles. The Morgan fingerprint density at radius 2 is 2.00 bits per heavy atom. The number of rotatable bonds is 7. The highest BCUT2D eigenvalue weighted by molar-refractivity contribution is 7.10. The lowest BCUT2D eigenvalue weighted by atomic mass is 10.3. The van der Waals surface area contributed by atoms with Crippen LogP contribution in [0.3, 0.4) is 0 Å². The average Bonchev–Trinajstić information content (AvgIpc) is 3.03. The molecule has 0 aliphatic heterocycles. The minimum atomic E-state index is -0.228. The highest BCUT2D eigenvalue weighted by Crippen LogP contribution is 2.19. The molecule has 1 unspecified atom stereocenters. The number of urea groups is 1. The number of amides is 2. The van der Waals surface area contributed by atoms with E-state index >= 15 is 0 Å². The highest BCUT2D eigenvalue weighted by atomic mass is 32.1. The maximum Gasteiger partial charge on any atom is 0.319 e. The Balaban J connectivity index is 1.81. The summed E-state index contributed by atoms with van der Waals surface area (Å²) in [6, 6.07) is 11.0. The minimum absolute atomic E-state index is 0.0170. The van der Waals surface area contributed by atoms with Crippen LogP contribution in [0.1, 0.15) is 17.8 Å². The fraction of sp³-hybridized carbons (Fsp3) is 0.312. The fourth-order valence-corrected chi connectivity index (χ4v) is 2.58. The Hall–Kier alpha value is -2.05. The van der Waals surface area contributed by atoms with Gasteiger partial charge in [-0.15, -0.1) is 11.3 Å². The third-order valence-electron chi connectivity index (χ3n) is 2.99. The van der Waals surface area contributed by atoms with Crippen LogP contribution in [0.4, 0.5) is 10.5 Å². The maximum absolute atomic E-state index is 11.9. The molecule has 0 bridgehead atoms. The van der Waals surface area contributed by atoms with Gasteiger partial charge in [0, 0.05) is 17.7 Å². The molecule has 2 aromatic rings. The van der Waals surface area contributed by atoms with Gasteiger partial charge in [0.25, 0.3) is 0 Å². The van der Waals surface area contributed by atoms with Gasteiger partial charge in [0.2, 0.25) is 0 Å². The first-order valence-corrected chi connectivity index (χ1v) is 7.89. The second kappa shape index (κ2) is 8.41. The number of thiophene rings is 1. The summed E-state index contributed by atoms with van der Waals surface area (Å²) in [7, 11) is 1.63. The molecular weight excluding hydrogens is 300 g/mol. The van der Waals surface area contributed by atoms with Crippen molar-refractivity contribution in [2.24, 2.45) is 0 Å². The number of methoxy groups -OCH3 is 1. The van der Waals surface area contributed by atoms with Gasteiger partial charge in [0.1, 0.15) is 12.4 Å². The van der Waals surface area contributed by atoms with E-state index < -0.39 is 0 Å². The first-order chi connectivity index (χ1) is 10.7. The van der Waals surface area contributed by atoms with Crippen LogP contribution in [-0.4, -0.2) is 26.4 Å².